The van der Waals surface area contributed by atoms with Crippen LogP contribution in [0.4, 0.5) is 11.4 Å². The number of hydrogen-bond acceptors (Lipinski definition) is 4. The lowest BCUT2D eigenvalue weighted by atomic mass is 10.1. The van der Waals surface area contributed by atoms with Crippen molar-refractivity contribution >= 4 is 23.2 Å². The fourth-order valence-corrected chi connectivity index (χ4v) is 3.50. The summed E-state index contributed by atoms with van der Waals surface area (Å²) in [4.78, 5) is 24.9. The van der Waals surface area contributed by atoms with Crippen LogP contribution in [0.25, 0.3) is 0 Å². The van der Waals surface area contributed by atoms with Gasteiger partial charge in [0, 0.05) is 29.1 Å². The monoisotopic (exact) mass is 430 g/mol. The Morgan fingerprint density at radius 3 is 2.16 bits per heavy atom. The summed E-state index contributed by atoms with van der Waals surface area (Å²) in [5.41, 5.74) is 3.46. The van der Waals surface area contributed by atoms with Crippen molar-refractivity contribution < 1.29 is 19.1 Å². The maximum Gasteiger partial charge on any atom is 0.255 e. The molecule has 1 heterocycles. The van der Waals surface area contributed by atoms with Crippen LogP contribution in [-0.4, -0.2) is 31.1 Å². The van der Waals surface area contributed by atoms with Gasteiger partial charge in [-0.25, -0.2) is 0 Å². The molecule has 1 aliphatic heterocycles. The van der Waals surface area contributed by atoms with Crippen LogP contribution >= 0.6 is 0 Å². The average molecular weight is 431 g/mol. The molecule has 3 aromatic rings. The zero-order chi connectivity index (χ0) is 22.3. The normalized spacial score (nSPS) is 15.2. The third-order valence-electron chi connectivity index (χ3n) is 5.26. The van der Waals surface area contributed by atoms with Gasteiger partial charge in [-0.05, 0) is 80.4 Å². The van der Waals surface area contributed by atoms with Gasteiger partial charge in [0.05, 0.1) is 6.10 Å². The minimum atomic E-state index is -0.216. The van der Waals surface area contributed by atoms with Crippen LogP contribution in [0.1, 0.15) is 39.1 Å². The fourth-order valence-electron chi connectivity index (χ4n) is 3.50. The van der Waals surface area contributed by atoms with E-state index < -0.39 is 0 Å². The van der Waals surface area contributed by atoms with E-state index in [-0.39, 0.29) is 17.9 Å². The van der Waals surface area contributed by atoms with Crippen LogP contribution in [0, 0.1) is 6.92 Å². The minimum absolute atomic E-state index is 0.155. The molecule has 4 rings (SSSR count). The molecule has 0 bridgehead atoms. The zero-order valence-electron chi connectivity index (χ0n) is 18.0. The molecule has 0 saturated carbocycles. The highest BCUT2D eigenvalue weighted by molar-refractivity contribution is 6.05. The molecule has 0 aromatic heterocycles. The molecule has 6 nitrogen and oxygen atoms in total. The van der Waals surface area contributed by atoms with Gasteiger partial charge in [0.1, 0.15) is 12.4 Å². The highest BCUT2D eigenvalue weighted by Gasteiger charge is 2.16. The first kappa shape index (κ1) is 21.6. The van der Waals surface area contributed by atoms with Gasteiger partial charge in [-0.3, -0.25) is 9.59 Å². The minimum Gasteiger partial charge on any atom is -0.491 e. The quantitative estimate of drug-likeness (QED) is 0.549. The van der Waals surface area contributed by atoms with Crippen molar-refractivity contribution in [1.29, 1.82) is 0 Å². The van der Waals surface area contributed by atoms with E-state index in [1.807, 2.05) is 25.1 Å². The molecule has 1 atom stereocenters. The number of benzene rings is 3. The van der Waals surface area contributed by atoms with E-state index in [4.69, 9.17) is 9.47 Å². The molecule has 0 aliphatic carbocycles. The molecule has 3 aromatic carbocycles. The summed E-state index contributed by atoms with van der Waals surface area (Å²) in [6, 6.07) is 21.5. The Labute approximate surface area is 187 Å². The van der Waals surface area contributed by atoms with Gasteiger partial charge in [0.15, 0.2) is 0 Å². The largest absolute Gasteiger partial charge is 0.491 e. The van der Waals surface area contributed by atoms with Gasteiger partial charge in [-0.15, -0.1) is 0 Å². The van der Waals surface area contributed by atoms with Gasteiger partial charge in [-0.1, -0.05) is 17.7 Å². The number of anilines is 2. The molecule has 6 heteroatoms. The number of hydrogen-bond donors (Lipinski definition) is 2. The van der Waals surface area contributed by atoms with Crippen molar-refractivity contribution in [3.8, 4) is 5.75 Å². The molecule has 1 fully saturated rings. The maximum absolute atomic E-state index is 12.5. The molecule has 2 amide bonds. The van der Waals surface area contributed by atoms with Crippen molar-refractivity contribution in [3.05, 3.63) is 89.5 Å². The van der Waals surface area contributed by atoms with E-state index >= 15 is 0 Å². The van der Waals surface area contributed by atoms with Crippen LogP contribution in [0.15, 0.2) is 72.8 Å². The number of aryl methyl sites for hydroxylation is 1. The van der Waals surface area contributed by atoms with Gasteiger partial charge in [-0.2, -0.15) is 0 Å². The zero-order valence-corrected chi connectivity index (χ0v) is 18.0. The second-order valence-electron chi connectivity index (χ2n) is 7.83. The molecule has 0 radical (unpaired) electrons. The molecule has 164 valence electrons. The Bertz CT molecular complexity index is 1070. The second kappa shape index (κ2) is 10.1. The molecule has 1 unspecified atom stereocenters. The lowest BCUT2D eigenvalue weighted by Gasteiger charge is -2.12. The van der Waals surface area contributed by atoms with Gasteiger partial charge >= 0.3 is 0 Å². The first-order valence-corrected chi connectivity index (χ1v) is 10.7. The molecule has 1 saturated heterocycles. The van der Waals surface area contributed by atoms with Crippen LogP contribution < -0.4 is 15.4 Å². The van der Waals surface area contributed by atoms with E-state index in [1.54, 1.807) is 54.6 Å². The molecular weight excluding hydrogens is 404 g/mol. The Balaban J connectivity index is 1.29. The molecule has 0 spiro atoms. The Morgan fingerprint density at radius 2 is 1.56 bits per heavy atom. The molecule has 1 aliphatic rings. The Morgan fingerprint density at radius 1 is 0.906 bits per heavy atom. The van der Waals surface area contributed by atoms with Crippen LogP contribution in [-0.2, 0) is 4.74 Å². The predicted octanol–water partition coefficient (Wildman–Crippen LogP) is 5.06. The summed E-state index contributed by atoms with van der Waals surface area (Å²) < 4.78 is 11.3. The first-order chi connectivity index (χ1) is 15.6. The number of ether oxygens (including phenoxy) is 2. The number of carbonyl (C=O) groups excluding carboxylic acids is 2. The van der Waals surface area contributed by atoms with Crippen LogP contribution in [0.5, 0.6) is 5.75 Å². The number of carbonyl (C=O) groups is 2. The number of amides is 2. The third kappa shape index (κ3) is 5.74. The lowest BCUT2D eigenvalue weighted by molar-refractivity contribution is 0.0679. The van der Waals surface area contributed by atoms with Crippen LogP contribution in [0.3, 0.4) is 0 Å². The van der Waals surface area contributed by atoms with E-state index in [0.717, 1.165) is 25.0 Å². The summed E-state index contributed by atoms with van der Waals surface area (Å²) in [6.07, 6.45) is 2.25. The van der Waals surface area contributed by atoms with E-state index in [1.165, 1.54) is 0 Å². The summed E-state index contributed by atoms with van der Waals surface area (Å²) in [5, 5.41) is 5.72. The predicted molar refractivity (Wildman–Crippen MR) is 124 cm³/mol. The smallest absolute Gasteiger partial charge is 0.255 e. The first-order valence-electron chi connectivity index (χ1n) is 10.7. The number of rotatable bonds is 7. The van der Waals surface area contributed by atoms with Crippen molar-refractivity contribution in [2.75, 3.05) is 23.8 Å². The fraction of sp³-hybridized carbons (Fsp3) is 0.231. The van der Waals surface area contributed by atoms with Crippen molar-refractivity contribution in [2.24, 2.45) is 0 Å². The molecule has 32 heavy (non-hydrogen) atoms. The highest BCUT2D eigenvalue weighted by Crippen LogP contribution is 2.19. The Kier molecular flexibility index (Phi) is 6.82. The summed E-state index contributed by atoms with van der Waals surface area (Å²) in [7, 11) is 0. The third-order valence-corrected chi connectivity index (χ3v) is 5.26. The van der Waals surface area contributed by atoms with E-state index in [2.05, 4.69) is 10.6 Å². The average Bonchev–Trinajstić information content (AvgIpc) is 3.33. The lowest BCUT2D eigenvalue weighted by Crippen LogP contribution is -2.16. The topological polar surface area (TPSA) is 76.7 Å². The van der Waals surface area contributed by atoms with Crippen molar-refractivity contribution in [1.82, 2.24) is 0 Å². The maximum atomic E-state index is 12.5. The summed E-state index contributed by atoms with van der Waals surface area (Å²) in [6.45, 7) is 3.27. The van der Waals surface area contributed by atoms with E-state index in [9.17, 15) is 9.59 Å². The molecular formula is C26H26N2O4. The Hall–Kier alpha value is -3.64. The van der Waals surface area contributed by atoms with Gasteiger partial charge < -0.3 is 20.1 Å². The van der Waals surface area contributed by atoms with Crippen molar-refractivity contribution in [3.63, 3.8) is 0 Å². The van der Waals surface area contributed by atoms with Gasteiger partial charge in [0.25, 0.3) is 11.8 Å². The number of nitrogens with one attached hydrogen (secondary N) is 2. The van der Waals surface area contributed by atoms with E-state index in [0.29, 0.717) is 34.9 Å². The summed E-state index contributed by atoms with van der Waals surface area (Å²) >= 11 is 0. The van der Waals surface area contributed by atoms with Crippen LogP contribution in [0.2, 0.25) is 0 Å². The SMILES string of the molecule is Cc1cccc(C(=O)Nc2ccc(NC(=O)c3ccc(OCC4CCCO4)cc3)cc2)c1. The molecule has 2 N–H and O–H groups in total. The van der Waals surface area contributed by atoms with Crippen molar-refractivity contribution in [2.45, 2.75) is 25.9 Å². The highest BCUT2D eigenvalue weighted by atomic mass is 16.5. The van der Waals surface area contributed by atoms with Gasteiger partial charge in [0.2, 0.25) is 0 Å². The standard InChI is InChI=1S/C26H26N2O4/c1-18-4-2-5-20(16-18)26(30)28-22-11-9-21(10-12-22)27-25(29)19-7-13-23(14-8-19)32-17-24-6-3-15-31-24/h2,4-5,7-14,16,24H,3,6,15,17H2,1H3,(H,27,29)(H,28,30). The summed E-state index contributed by atoms with van der Waals surface area (Å²) in [5.74, 6) is 0.324. The second-order valence-corrected chi connectivity index (χ2v) is 7.83.